The highest BCUT2D eigenvalue weighted by molar-refractivity contribution is 7.92. The van der Waals surface area contributed by atoms with E-state index in [0.717, 1.165) is 5.56 Å². The third kappa shape index (κ3) is 3.53. The number of anilines is 1. The average Bonchev–Trinajstić information content (AvgIpc) is 2.41. The Balaban J connectivity index is 2.41. The number of nitrogens with two attached hydrogens (primary N) is 1. The van der Waals surface area contributed by atoms with Gasteiger partial charge in [-0.2, -0.15) is 0 Å². The molecule has 2 rings (SSSR count). The van der Waals surface area contributed by atoms with Crippen LogP contribution in [0.3, 0.4) is 0 Å². The van der Waals surface area contributed by atoms with Crippen LogP contribution in [0.2, 0.25) is 5.02 Å². The lowest BCUT2D eigenvalue weighted by atomic mass is 10.2. The van der Waals surface area contributed by atoms with Crippen LogP contribution >= 0.6 is 11.6 Å². The van der Waals surface area contributed by atoms with Crippen LogP contribution in [0.25, 0.3) is 0 Å². The molecule has 1 amide bonds. The predicted octanol–water partition coefficient (Wildman–Crippen LogP) is 2.55. The van der Waals surface area contributed by atoms with E-state index >= 15 is 0 Å². The first-order valence-electron chi connectivity index (χ1n) is 5.98. The van der Waals surface area contributed by atoms with Gasteiger partial charge < -0.3 is 5.73 Å². The molecule has 0 unspecified atom stereocenters. The molecule has 0 spiro atoms. The number of nitrogens with one attached hydrogen (secondary N) is 1. The summed E-state index contributed by atoms with van der Waals surface area (Å²) in [6, 6.07) is 10.5. The van der Waals surface area contributed by atoms with Crippen molar-refractivity contribution in [2.75, 3.05) is 4.72 Å². The smallest absolute Gasteiger partial charge is 0.261 e. The summed E-state index contributed by atoms with van der Waals surface area (Å²) in [6.07, 6.45) is 0. The first-order chi connectivity index (χ1) is 9.79. The van der Waals surface area contributed by atoms with Gasteiger partial charge in [-0.3, -0.25) is 9.52 Å². The number of rotatable bonds is 4. The van der Waals surface area contributed by atoms with E-state index in [1.54, 1.807) is 12.1 Å². The minimum absolute atomic E-state index is 0.0122. The zero-order chi connectivity index (χ0) is 15.6. The largest absolute Gasteiger partial charge is 0.366 e. The predicted molar refractivity (Wildman–Crippen MR) is 82.0 cm³/mol. The Bertz CT molecular complexity index is 786. The molecule has 5 nitrogen and oxygen atoms in total. The number of carbonyl (C=O) groups excluding carboxylic acids is 1. The topological polar surface area (TPSA) is 89.3 Å². The van der Waals surface area contributed by atoms with Crippen molar-refractivity contribution in [1.82, 2.24) is 0 Å². The molecular weight excluding hydrogens is 312 g/mol. The van der Waals surface area contributed by atoms with Crippen molar-refractivity contribution >= 4 is 33.2 Å². The van der Waals surface area contributed by atoms with Gasteiger partial charge in [-0.1, -0.05) is 29.3 Å². The molecular formula is C14H13ClN2O3S. The van der Waals surface area contributed by atoms with Crippen molar-refractivity contribution in [3.63, 3.8) is 0 Å². The highest BCUT2D eigenvalue weighted by Crippen LogP contribution is 2.23. The Morgan fingerprint density at radius 2 is 1.76 bits per heavy atom. The van der Waals surface area contributed by atoms with E-state index in [-0.39, 0.29) is 16.1 Å². The first-order valence-corrected chi connectivity index (χ1v) is 7.84. The van der Waals surface area contributed by atoms with Crippen molar-refractivity contribution in [3.8, 4) is 0 Å². The molecule has 0 saturated heterocycles. The molecule has 21 heavy (non-hydrogen) atoms. The highest BCUT2D eigenvalue weighted by atomic mass is 35.5. The highest BCUT2D eigenvalue weighted by Gasteiger charge is 2.17. The Labute approximate surface area is 127 Å². The summed E-state index contributed by atoms with van der Waals surface area (Å²) < 4.78 is 26.9. The number of sulfonamides is 1. The average molecular weight is 325 g/mol. The lowest BCUT2D eigenvalue weighted by molar-refractivity contribution is 0.100. The maximum absolute atomic E-state index is 12.3. The summed E-state index contributed by atoms with van der Waals surface area (Å²) in [5.74, 6) is -0.765. The van der Waals surface area contributed by atoms with Crippen molar-refractivity contribution in [2.24, 2.45) is 5.73 Å². The summed E-state index contributed by atoms with van der Waals surface area (Å²) in [5, 5.41) is 0.294. The van der Waals surface area contributed by atoms with Gasteiger partial charge in [0.05, 0.1) is 16.1 Å². The van der Waals surface area contributed by atoms with E-state index in [0.29, 0.717) is 5.02 Å². The van der Waals surface area contributed by atoms with E-state index in [2.05, 4.69) is 4.72 Å². The molecule has 0 aliphatic heterocycles. The second kappa shape index (κ2) is 5.75. The van der Waals surface area contributed by atoms with Crippen LogP contribution in [0.1, 0.15) is 15.9 Å². The van der Waals surface area contributed by atoms with Crippen LogP contribution < -0.4 is 10.5 Å². The van der Waals surface area contributed by atoms with Gasteiger partial charge in [0.1, 0.15) is 0 Å². The molecule has 7 heteroatoms. The minimum Gasteiger partial charge on any atom is -0.366 e. The van der Waals surface area contributed by atoms with E-state index in [1.165, 1.54) is 30.3 Å². The van der Waals surface area contributed by atoms with Crippen molar-refractivity contribution < 1.29 is 13.2 Å². The first kappa shape index (κ1) is 15.3. The van der Waals surface area contributed by atoms with Crippen LogP contribution in [-0.2, 0) is 10.0 Å². The third-order valence-corrected chi connectivity index (χ3v) is 4.44. The number of hydrogen-bond acceptors (Lipinski definition) is 3. The number of primary amides is 1. The van der Waals surface area contributed by atoms with Crippen molar-refractivity contribution in [3.05, 3.63) is 58.6 Å². The van der Waals surface area contributed by atoms with Gasteiger partial charge in [-0.15, -0.1) is 0 Å². The molecule has 0 bridgehead atoms. The zero-order valence-electron chi connectivity index (χ0n) is 11.1. The van der Waals surface area contributed by atoms with Crippen LogP contribution in [0, 0.1) is 6.92 Å². The SMILES string of the molecule is Cc1ccc(S(=O)(=O)Nc2ccc(Cl)cc2C(N)=O)cc1. The van der Waals surface area contributed by atoms with E-state index < -0.39 is 15.9 Å². The van der Waals surface area contributed by atoms with E-state index in [1.807, 2.05) is 6.92 Å². The number of aryl methyl sites for hydroxylation is 1. The van der Waals surface area contributed by atoms with Gasteiger partial charge in [0.15, 0.2) is 0 Å². The fraction of sp³-hybridized carbons (Fsp3) is 0.0714. The lowest BCUT2D eigenvalue weighted by Gasteiger charge is -2.11. The molecule has 0 radical (unpaired) electrons. The number of carbonyl (C=O) groups is 1. The van der Waals surface area contributed by atoms with Crippen LogP contribution in [0.4, 0.5) is 5.69 Å². The van der Waals surface area contributed by atoms with Crippen LogP contribution in [0.5, 0.6) is 0 Å². The van der Waals surface area contributed by atoms with Gasteiger partial charge in [-0.05, 0) is 37.3 Å². The summed E-state index contributed by atoms with van der Waals surface area (Å²) in [7, 11) is -3.80. The molecule has 0 aromatic heterocycles. The monoisotopic (exact) mass is 324 g/mol. The van der Waals surface area contributed by atoms with Crippen LogP contribution in [-0.4, -0.2) is 14.3 Å². The number of hydrogen-bond donors (Lipinski definition) is 2. The minimum atomic E-state index is -3.80. The molecule has 0 aliphatic rings. The molecule has 0 fully saturated rings. The summed E-state index contributed by atoms with van der Waals surface area (Å²) >= 11 is 5.78. The zero-order valence-corrected chi connectivity index (χ0v) is 12.7. The summed E-state index contributed by atoms with van der Waals surface area (Å²) in [5.41, 5.74) is 6.27. The van der Waals surface area contributed by atoms with Gasteiger partial charge in [-0.25, -0.2) is 8.42 Å². The maximum atomic E-state index is 12.3. The standard InChI is InChI=1S/C14H13ClN2O3S/c1-9-2-5-11(6-3-9)21(19,20)17-13-7-4-10(15)8-12(13)14(16)18/h2-8,17H,1H3,(H2,16,18). The third-order valence-electron chi connectivity index (χ3n) is 2.82. The normalized spacial score (nSPS) is 11.1. The molecule has 0 saturated carbocycles. The Morgan fingerprint density at radius 3 is 2.33 bits per heavy atom. The maximum Gasteiger partial charge on any atom is 0.261 e. The Kier molecular flexibility index (Phi) is 4.20. The van der Waals surface area contributed by atoms with Gasteiger partial charge >= 0.3 is 0 Å². The molecule has 0 aliphatic carbocycles. The number of halogens is 1. The fourth-order valence-corrected chi connectivity index (χ4v) is 2.98. The molecule has 3 N–H and O–H groups in total. The van der Waals surface area contributed by atoms with E-state index in [9.17, 15) is 13.2 Å². The Hall–Kier alpha value is -2.05. The molecule has 2 aromatic carbocycles. The van der Waals surface area contributed by atoms with Crippen LogP contribution in [0.15, 0.2) is 47.4 Å². The quantitative estimate of drug-likeness (QED) is 0.905. The number of benzene rings is 2. The van der Waals surface area contributed by atoms with Crippen molar-refractivity contribution in [1.29, 1.82) is 0 Å². The second-order valence-electron chi connectivity index (χ2n) is 4.47. The van der Waals surface area contributed by atoms with E-state index in [4.69, 9.17) is 17.3 Å². The molecule has 2 aromatic rings. The summed E-state index contributed by atoms with van der Waals surface area (Å²) in [6.45, 7) is 1.86. The number of amides is 1. The van der Waals surface area contributed by atoms with Crippen molar-refractivity contribution in [2.45, 2.75) is 11.8 Å². The summed E-state index contributed by atoms with van der Waals surface area (Å²) in [4.78, 5) is 11.5. The molecule has 0 heterocycles. The fourth-order valence-electron chi connectivity index (χ4n) is 1.73. The van der Waals surface area contributed by atoms with Gasteiger partial charge in [0.25, 0.3) is 15.9 Å². The lowest BCUT2D eigenvalue weighted by Crippen LogP contribution is -2.18. The van der Waals surface area contributed by atoms with Gasteiger partial charge in [0, 0.05) is 5.02 Å². The molecule has 0 atom stereocenters. The Morgan fingerprint density at radius 1 is 1.14 bits per heavy atom. The van der Waals surface area contributed by atoms with Gasteiger partial charge in [0.2, 0.25) is 0 Å². The molecule has 110 valence electrons. The second-order valence-corrected chi connectivity index (χ2v) is 6.59.